The molecule has 2 aromatic carbocycles. The standard InChI is InChI=1S/C34H40ClN5O5/c1-32(12-13-32)25(21-6-3-4-7-22(21)35)26(39-31(43)44-2)28-37-23-9-8-20(18-24(23)38-28)34(14-16-45-17-15-34)30(42)40-27-29(41)36-19-33(27)10-5-11-33/h3-4,6-9,18,25-27H,5,10-17,19H2,1-2H3,(H,36,41)(H,37,38)(H,39,43)(H,40,42)/t25-,26-,27-/m0/s1. The number of methoxy groups -OCH3 is 1. The molecule has 3 amide bonds. The number of fused-ring (bicyclic) bond motifs is 1. The molecule has 0 bridgehead atoms. The molecule has 1 aromatic heterocycles. The SMILES string of the molecule is COC(=O)N[C@H](c1nc2ccc(C3(C(=O)N[C@H]4C(=O)NCC45CCC5)CCOCC3)cc2[nH]1)[C@H](c1ccccc1Cl)C1(C)CC1. The molecule has 2 aliphatic carbocycles. The van der Waals surface area contributed by atoms with Gasteiger partial charge in [0.05, 0.1) is 29.6 Å². The van der Waals surface area contributed by atoms with E-state index in [4.69, 9.17) is 26.1 Å². The van der Waals surface area contributed by atoms with E-state index in [1.165, 1.54) is 7.11 Å². The van der Waals surface area contributed by atoms with Crippen LogP contribution in [0.2, 0.25) is 5.02 Å². The van der Waals surface area contributed by atoms with Crippen molar-refractivity contribution in [3.8, 4) is 0 Å². The Morgan fingerprint density at radius 3 is 2.51 bits per heavy atom. The lowest BCUT2D eigenvalue weighted by atomic mass is 9.65. The Morgan fingerprint density at radius 2 is 1.84 bits per heavy atom. The zero-order valence-corrected chi connectivity index (χ0v) is 26.5. The topological polar surface area (TPSA) is 134 Å². The minimum Gasteiger partial charge on any atom is -0.453 e. The zero-order valence-electron chi connectivity index (χ0n) is 25.7. The van der Waals surface area contributed by atoms with E-state index in [1.54, 1.807) is 0 Å². The molecule has 11 heteroatoms. The van der Waals surface area contributed by atoms with Crippen LogP contribution in [0.5, 0.6) is 0 Å². The molecular weight excluding hydrogens is 594 g/mol. The van der Waals surface area contributed by atoms with Crippen molar-refractivity contribution in [1.29, 1.82) is 0 Å². The Hall–Kier alpha value is -3.63. The lowest BCUT2D eigenvalue weighted by Gasteiger charge is -2.43. The molecule has 4 N–H and O–H groups in total. The Balaban J connectivity index is 1.26. The van der Waals surface area contributed by atoms with Gasteiger partial charge >= 0.3 is 6.09 Å². The van der Waals surface area contributed by atoms with Crippen LogP contribution in [-0.4, -0.2) is 60.8 Å². The molecular formula is C34H40ClN5O5. The first-order chi connectivity index (χ1) is 21.7. The van der Waals surface area contributed by atoms with Gasteiger partial charge in [0.1, 0.15) is 11.9 Å². The summed E-state index contributed by atoms with van der Waals surface area (Å²) in [6.07, 6.45) is 5.38. The molecule has 4 fully saturated rings. The number of nitrogens with one attached hydrogen (secondary N) is 4. The molecule has 0 unspecified atom stereocenters. The number of halogens is 1. The average molecular weight is 634 g/mol. The first-order valence-corrected chi connectivity index (χ1v) is 16.3. The Labute approximate surface area is 267 Å². The third kappa shape index (κ3) is 5.16. The predicted molar refractivity (Wildman–Crippen MR) is 169 cm³/mol. The molecule has 3 aromatic rings. The summed E-state index contributed by atoms with van der Waals surface area (Å²) in [5, 5.41) is 9.85. The first-order valence-electron chi connectivity index (χ1n) is 15.9. The summed E-state index contributed by atoms with van der Waals surface area (Å²) in [7, 11) is 1.35. The van der Waals surface area contributed by atoms with E-state index < -0.39 is 23.6 Å². The number of hydrogen-bond acceptors (Lipinski definition) is 6. The minimum atomic E-state index is -0.850. The van der Waals surface area contributed by atoms with Gasteiger partial charge in [-0.1, -0.05) is 49.2 Å². The van der Waals surface area contributed by atoms with Crippen molar-refractivity contribution < 1.29 is 23.9 Å². The predicted octanol–water partition coefficient (Wildman–Crippen LogP) is 5.03. The number of ether oxygens (including phenoxy) is 2. The monoisotopic (exact) mass is 633 g/mol. The van der Waals surface area contributed by atoms with Gasteiger partial charge in [-0.05, 0) is 73.3 Å². The second-order valence-electron chi connectivity index (χ2n) is 13.7. The van der Waals surface area contributed by atoms with Crippen molar-refractivity contribution in [3.63, 3.8) is 0 Å². The zero-order chi connectivity index (χ0) is 31.4. The molecule has 1 spiro atoms. The summed E-state index contributed by atoms with van der Waals surface area (Å²) < 4.78 is 10.7. The summed E-state index contributed by atoms with van der Waals surface area (Å²) in [5.74, 6) is 0.198. The summed E-state index contributed by atoms with van der Waals surface area (Å²) in [6.45, 7) is 3.72. The van der Waals surface area contributed by atoms with E-state index >= 15 is 0 Å². The largest absolute Gasteiger partial charge is 0.453 e. The highest BCUT2D eigenvalue weighted by Gasteiger charge is 2.55. The highest BCUT2D eigenvalue weighted by molar-refractivity contribution is 6.31. The molecule has 3 heterocycles. The first kappa shape index (κ1) is 30.0. The quantitative estimate of drug-likeness (QED) is 0.275. The number of alkyl carbamates (subject to hydrolysis) is 1. The number of rotatable bonds is 8. The lowest BCUT2D eigenvalue weighted by molar-refractivity contribution is -0.136. The van der Waals surface area contributed by atoms with Crippen LogP contribution in [0.4, 0.5) is 4.79 Å². The van der Waals surface area contributed by atoms with Crippen LogP contribution in [0, 0.1) is 10.8 Å². The van der Waals surface area contributed by atoms with E-state index in [0.29, 0.717) is 43.4 Å². The molecule has 2 saturated carbocycles. The fourth-order valence-corrected chi connectivity index (χ4v) is 8.11. The fourth-order valence-electron chi connectivity index (χ4n) is 7.86. The van der Waals surface area contributed by atoms with Crippen molar-refractivity contribution in [3.05, 3.63) is 64.4 Å². The third-order valence-electron chi connectivity index (χ3n) is 11.1. The van der Waals surface area contributed by atoms with Crippen LogP contribution in [0.25, 0.3) is 11.0 Å². The molecule has 2 aliphatic heterocycles. The maximum Gasteiger partial charge on any atom is 0.407 e. The normalized spacial score (nSPS) is 23.9. The second kappa shape index (κ2) is 11.3. The van der Waals surface area contributed by atoms with Gasteiger partial charge < -0.3 is 30.4 Å². The van der Waals surface area contributed by atoms with E-state index in [-0.39, 0.29) is 28.6 Å². The average Bonchev–Trinajstić information content (AvgIpc) is 3.47. The van der Waals surface area contributed by atoms with Gasteiger partial charge in [-0.15, -0.1) is 0 Å². The second-order valence-corrected chi connectivity index (χ2v) is 14.1. The maximum absolute atomic E-state index is 14.2. The third-order valence-corrected chi connectivity index (χ3v) is 11.4. The van der Waals surface area contributed by atoms with Crippen molar-refractivity contribution in [1.82, 2.24) is 25.9 Å². The number of carbonyl (C=O) groups is 3. The van der Waals surface area contributed by atoms with Crippen LogP contribution in [0.1, 0.15) is 80.8 Å². The molecule has 4 aliphatic rings. The van der Waals surface area contributed by atoms with Crippen molar-refractivity contribution in [2.45, 2.75) is 75.3 Å². The van der Waals surface area contributed by atoms with Crippen LogP contribution < -0.4 is 16.0 Å². The molecule has 0 radical (unpaired) electrons. The van der Waals surface area contributed by atoms with E-state index in [9.17, 15) is 14.4 Å². The van der Waals surface area contributed by atoms with Crippen molar-refractivity contribution >= 4 is 40.5 Å². The number of hydrogen-bond donors (Lipinski definition) is 4. The van der Waals surface area contributed by atoms with Gasteiger partial charge in [0.15, 0.2) is 0 Å². The molecule has 7 rings (SSSR count). The number of imidazole rings is 1. The number of H-pyrrole nitrogens is 1. The van der Waals surface area contributed by atoms with Crippen molar-refractivity contribution in [2.75, 3.05) is 26.9 Å². The Morgan fingerprint density at radius 1 is 1.09 bits per heavy atom. The number of amides is 3. The molecule has 238 valence electrons. The van der Waals surface area contributed by atoms with Gasteiger partial charge in [0.25, 0.3) is 0 Å². The van der Waals surface area contributed by atoms with Gasteiger partial charge in [0.2, 0.25) is 11.8 Å². The van der Waals surface area contributed by atoms with Gasteiger partial charge in [-0.25, -0.2) is 9.78 Å². The Kier molecular flexibility index (Phi) is 7.55. The molecule has 3 atom stereocenters. The summed E-state index contributed by atoms with van der Waals surface area (Å²) >= 11 is 6.74. The van der Waals surface area contributed by atoms with E-state index in [1.807, 2.05) is 42.5 Å². The fraction of sp³-hybridized carbons (Fsp3) is 0.529. The molecule has 2 saturated heterocycles. The lowest BCUT2D eigenvalue weighted by Crippen LogP contribution is -2.57. The van der Waals surface area contributed by atoms with E-state index in [2.05, 4.69) is 27.9 Å². The van der Waals surface area contributed by atoms with E-state index in [0.717, 1.165) is 54.3 Å². The van der Waals surface area contributed by atoms with Crippen LogP contribution >= 0.6 is 11.6 Å². The summed E-state index contributed by atoms with van der Waals surface area (Å²) in [4.78, 5) is 48.2. The van der Waals surface area contributed by atoms with Gasteiger partial charge in [-0.3, -0.25) is 9.59 Å². The number of carbonyl (C=O) groups excluding carboxylic acids is 3. The van der Waals surface area contributed by atoms with Gasteiger partial charge in [-0.2, -0.15) is 0 Å². The number of nitrogens with zero attached hydrogens (tertiary/aromatic N) is 1. The van der Waals surface area contributed by atoms with Crippen LogP contribution in [0.3, 0.4) is 0 Å². The van der Waals surface area contributed by atoms with Crippen LogP contribution in [-0.2, 0) is 24.5 Å². The Bertz CT molecular complexity index is 1640. The maximum atomic E-state index is 14.2. The van der Waals surface area contributed by atoms with Gasteiger partial charge in [0, 0.05) is 36.1 Å². The highest BCUT2D eigenvalue weighted by atomic mass is 35.5. The minimum absolute atomic E-state index is 0.0879. The molecule has 45 heavy (non-hydrogen) atoms. The van der Waals surface area contributed by atoms with Crippen molar-refractivity contribution in [2.24, 2.45) is 10.8 Å². The summed E-state index contributed by atoms with van der Waals surface area (Å²) in [6, 6.07) is 12.6. The molecule has 10 nitrogen and oxygen atoms in total. The number of benzene rings is 2. The smallest absolute Gasteiger partial charge is 0.407 e. The van der Waals surface area contributed by atoms with Crippen LogP contribution in [0.15, 0.2) is 42.5 Å². The summed E-state index contributed by atoms with van der Waals surface area (Å²) in [5.41, 5.74) is 2.15. The number of aromatic amines is 1. The number of aromatic nitrogens is 2. The highest BCUT2D eigenvalue weighted by Crippen LogP contribution is 2.60.